The number of pyridine rings is 1. The van der Waals surface area contributed by atoms with Crippen LogP contribution in [0.1, 0.15) is 5.56 Å². The van der Waals surface area contributed by atoms with E-state index in [1.165, 1.54) is 0 Å². The van der Waals surface area contributed by atoms with Crippen molar-refractivity contribution in [2.24, 2.45) is 0 Å². The van der Waals surface area contributed by atoms with Crippen molar-refractivity contribution in [3.63, 3.8) is 0 Å². The number of hydrogen-bond acceptors (Lipinski definition) is 2. The Kier molecular flexibility index (Phi) is 3.62. The van der Waals surface area contributed by atoms with Crippen LogP contribution in [0.25, 0.3) is 17.0 Å². The molecule has 3 heteroatoms. The van der Waals surface area contributed by atoms with Crippen LogP contribution in [0.2, 0.25) is 0 Å². The second kappa shape index (κ2) is 5.37. The predicted octanol–water partition coefficient (Wildman–Crippen LogP) is 3.05. The van der Waals surface area contributed by atoms with E-state index in [4.69, 9.17) is 5.11 Å². The van der Waals surface area contributed by atoms with Crippen LogP contribution in [0.4, 0.5) is 4.39 Å². The van der Waals surface area contributed by atoms with Gasteiger partial charge in [-0.25, -0.2) is 4.39 Å². The molecule has 17 heavy (non-hydrogen) atoms. The van der Waals surface area contributed by atoms with Gasteiger partial charge in [0.25, 0.3) is 0 Å². The highest BCUT2D eigenvalue weighted by Crippen LogP contribution is 2.22. The highest BCUT2D eigenvalue weighted by atomic mass is 19.1. The molecule has 1 heterocycles. The Bertz CT molecular complexity index is 506. The van der Waals surface area contributed by atoms with Gasteiger partial charge in [-0.1, -0.05) is 30.3 Å². The van der Waals surface area contributed by atoms with E-state index in [0.717, 1.165) is 17.2 Å². The molecule has 1 aromatic heterocycles. The third kappa shape index (κ3) is 2.77. The first kappa shape index (κ1) is 11.5. The van der Waals surface area contributed by atoms with E-state index in [-0.39, 0.29) is 6.61 Å². The number of benzene rings is 1. The SMILES string of the molecule is OC/C=C(/F)c1ccc(-c2cccnc2)cc1. The maximum Gasteiger partial charge on any atom is 0.128 e. The Labute approximate surface area is 99.1 Å². The summed E-state index contributed by atoms with van der Waals surface area (Å²) >= 11 is 0. The lowest BCUT2D eigenvalue weighted by Gasteiger charge is -2.02. The molecule has 0 aliphatic carbocycles. The van der Waals surface area contributed by atoms with Crippen LogP contribution in [-0.4, -0.2) is 16.7 Å². The number of hydrogen-bond donors (Lipinski definition) is 1. The van der Waals surface area contributed by atoms with Gasteiger partial charge in [0.1, 0.15) is 5.83 Å². The van der Waals surface area contributed by atoms with Crippen LogP contribution in [-0.2, 0) is 0 Å². The fraction of sp³-hybridized carbons (Fsp3) is 0.0714. The van der Waals surface area contributed by atoms with Gasteiger partial charge in [0, 0.05) is 18.0 Å². The van der Waals surface area contributed by atoms with Gasteiger partial charge in [-0.15, -0.1) is 0 Å². The molecular formula is C14H12FNO. The van der Waals surface area contributed by atoms with Gasteiger partial charge < -0.3 is 5.11 Å². The molecular weight excluding hydrogens is 217 g/mol. The molecule has 0 aliphatic heterocycles. The number of nitrogens with zero attached hydrogens (tertiary/aromatic N) is 1. The van der Waals surface area contributed by atoms with Gasteiger partial charge in [-0.05, 0) is 23.3 Å². The third-order valence-electron chi connectivity index (χ3n) is 2.43. The molecule has 1 aromatic carbocycles. The summed E-state index contributed by atoms with van der Waals surface area (Å²) in [5, 5.41) is 8.61. The van der Waals surface area contributed by atoms with Crippen molar-refractivity contribution in [1.82, 2.24) is 4.98 Å². The molecule has 2 nitrogen and oxygen atoms in total. The van der Waals surface area contributed by atoms with E-state index in [9.17, 15) is 4.39 Å². The zero-order valence-electron chi connectivity index (χ0n) is 9.18. The van der Waals surface area contributed by atoms with E-state index in [2.05, 4.69) is 4.98 Å². The Morgan fingerprint density at radius 1 is 1.18 bits per heavy atom. The summed E-state index contributed by atoms with van der Waals surface area (Å²) in [6.07, 6.45) is 4.61. The zero-order chi connectivity index (χ0) is 12.1. The first-order valence-corrected chi connectivity index (χ1v) is 5.28. The molecule has 0 bridgehead atoms. The average molecular weight is 229 g/mol. The molecule has 0 aliphatic rings. The molecule has 0 unspecified atom stereocenters. The van der Waals surface area contributed by atoms with Gasteiger partial charge in [-0.3, -0.25) is 4.98 Å². The average Bonchev–Trinajstić information content (AvgIpc) is 2.40. The van der Waals surface area contributed by atoms with Crippen LogP contribution < -0.4 is 0 Å². The van der Waals surface area contributed by atoms with E-state index >= 15 is 0 Å². The first-order chi connectivity index (χ1) is 8.31. The Morgan fingerprint density at radius 3 is 2.53 bits per heavy atom. The molecule has 2 aromatic rings. The van der Waals surface area contributed by atoms with Crippen molar-refractivity contribution in [2.75, 3.05) is 6.61 Å². The largest absolute Gasteiger partial charge is 0.392 e. The molecule has 0 amide bonds. The maximum absolute atomic E-state index is 13.4. The Morgan fingerprint density at radius 2 is 1.94 bits per heavy atom. The molecule has 0 saturated heterocycles. The summed E-state index contributed by atoms with van der Waals surface area (Å²) in [6, 6.07) is 10.8. The highest BCUT2D eigenvalue weighted by Gasteiger charge is 2.01. The first-order valence-electron chi connectivity index (χ1n) is 5.28. The standard InChI is InChI=1S/C14H12FNO/c15-14(7-9-17)12-5-3-11(4-6-12)13-2-1-8-16-10-13/h1-8,10,17H,9H2/b14-7+. The molecule has 1 N–H and O–H groups in total. The van der Waals surface area contributed by atoms with Crippen molar-refractivity contribution in [2.45, 2.75) is 0 Å². The van der Waals surface area contributed by atoms with Crippen molar-refractivity contribution in [3.8, 4) is 11.1 Å². The van der Waals surface area contributed by atoms with Crippen molar-refractivity contribution in [3.05, 3.63) is 60.4 Å². The summed E-state index contributed by atoms with van der Waals surface area (Å²) in [7, 11) is 0. The second-order valence-corrected chi connectivity index (χ2v) is 3.55. The van der Waals surface area contributed by atoms with Crippen LogP contribution in [0, 0.1) is 0 Å². The maximum atomic E-state index is 13.4. The zero-order valence-corrected chi connectivity index (χ0v) is 9.18. The van der Waals surface area contributed by atoms with Crippen LogP contribution in [0.5, 0.6) is 0 Å². The lowest BCUT2D eigenvalue weighted by molar-refractivity contribution is 0.342. The van der Waals surface area contributed by atoms with E-state index in [1.807, 2.05) is 24.3 Å². The van der Waals surface area contributed by atoms with Gasteiger partial charge in [-0.2, -0.15) is 0 Å². The molecule has 0 saturated carbocycles. The molecule has 0 spiro atoms. The summed E-state index contributed by atoms with van der Waals surface area (Å²) in [5.41, 5.74) is 2.44. The summed E-state index contributed by atoms with van der Waals surface area (Å²) in [6.45, 7) is -0.295. The van der Waals surface area contributed by atoms with E-state index in [1.54, 1.807) is 24.5 Å². The van der Waals surface area contributed by atoms with Crippen LogP contribution in [0.3, 0.4) is 0 Å². The molecule has 0 atom stereocenters. The van der Waals surface area contributed by atoms with Gasteiger partial charge in [0.05, 0.1) is 6.61 Å². The lowest BCUT2D eigenvalue weighted by Crippen LogP contribution is -1.83. The molecule has 2 rings (SSSR count). The monoisotopic (exact) mass is 229 g/mol. The number of aromatic nitrogens is 1. The minimum atomic E-state index is -0.412. The topological polar surface area (TPSA) is 33.1 Å². The lowest BCUT2D eigenvalue weighted by atomic mass is 10.1. The van der Waals surface area contributed by atoms with Gasteiger partial charge in [0.15, 0.2) is 0 Å². The molecule has 0 radical (unpaired) electrons. The summed E-state index contributed by atoms with van der Waals surface area (Å²) < 4.78 is 13.4. The normalized spacial score (nSPS) is 11.5. The Balaban J connectivity index is 2.28. The smallest absolute Gasteiger partial charge is 0.128 e. The second-order valence-electron chi connectivity index (χ2n) is 3.55. The fourth-order valence-electron chi connectivity index (χ4n) is 1.55. The quantitative estimate of drug-likeness (QED) is 0.877. The predicted molar refractivity (Wildman–Crippen MR) is 65.8 cm³/mol. The van der Waals surface area contributed by atoms with Crippen molar-refractivity contribution in [1.29, 1.82) is 0 Å². The third-order valence-corrected chi connectivity index (χ3v) is 2.43. The number of rotatable bonds is 3. The molecule has 0 fully saturated rings. The highest BCUT2D eigenvalue weighted by molar-refractivity contribution is 5.67. The summed E-state index contributed by atoms with van der Waals surface area (Å²) in [5.74, 6) is -0.412. The number of halogens is 1. The van der Waals surface area contributed by atoms with Crippen molar-refractivity contribution < 1.29 is 9.50 Å². The minimum absolute atomic E-state index is 0.295. The van der Waals surface area contributed by atoms with E-state index in [0.29, 0.717) is 5.56 Å². The Hall–Kier alpha value is -2.00. The minimum Gasteiger partial charge on any atom is -0.392 e. The van der Waals surface area contributed by atoms with Crippen LogP contribution in [0.15, 0.2) is 54.9 Å². The van der Waals surface area contributed by atoms with Crippen LogP contribution >= 0.6 is 0 Å². The van der Waals surface area contributed by atoms with E-state index < -0.39 is 5.83 Å². The summed E-state index contributed by atoms with van der Waals surface area (Å²) in [4.78, 5) is 4.03. The fourth-order valence-corrected chi connectivity index (χ4v) is 1.55. The van der Waals surface area contributed by atoms with Crippen molar-refractivity contribution >= 4 is 5.83 Å². The van der Waals surface area contributed by atoms with Gasteiger partial charge in [0.2, 0.25) is 0 Å². The number of aliphatic hydroxyl groups is 1. The number of aliphatic hydroxyl groups excluding tert-OH is 1. The van der Waals surface area contributed by atoms with Gasteiger partial charge >= 0.3 is 0 Å². The molecule has 86 valence electrons.